The molecule has 6 heteroatoms. The Hall–Kier alpha value is -2.21. The van der Waals surface area contributed by atoms with Crippen LogP contribution in [0.4, 0.5) is 4.39 Å². The number of carbonyl (C=O) groups excluding carboxylic acids is 1. The van der Waals surface area contributed by atoms with Gasteiger partial charge in [0, 0.05) is 32.4 Å². The number of hydrogen-bond acceptors (Lipinski definition) is 3. The lowest BCUT2D eigenvalue weighted by atomic mass is 9.92. The van der Waals surface area contributed by atoms with E-state index < -0.39 is 0 Å². The van der Waals surface area contributed by atoms with Crippen molar-refractivity contribution < 1.29 is 9.18 Å². The van der Waals surface area contributed by atoms with Gasteiger partial charge in [0.05, 0.1) is 5.69 Å². The first-order chi connectivity index (χ1) is 12.3. The standard InChI is InChI=1S/C20H27FN4O/c1-20(2,3)8-10-23-11-13-24(14-12-23)19(26)18-7-9-25(22-18)17-6-4-5-16(21)15-17/h4-7,9,15H,8,10-14H2,1-3H3. The minimum absolute atomic E-state index is 0.0596. The second-order valence-corrected chi connectivity index (χ2v) is 8.07. The Morgan fingerprint density at radius 1 is 1.15 bits per heavy atom. The van der Waals surface area contributed by atoms with Crippen molar-refractivity contribution in [3.63, 3.8) is 0 Å². The molecule has 0 unspecified atom stereocenters. The molecule has 1 fully saturated rings. The molecule has 0 aliphatic carbocycles. The predicted molar refractivity (Wildman–Crippen MR) is 99.9 cm³/mol. The molecule has 0 radical (unpaired) electrons. The van der Waals surface area contributed by atoms with Crippen LogP contribution in [0.2, 0.25) is 0 Å². The first-order valence-corrected chi connectivity index (χ1v) is 9.15. The lowest BCUT2D eigenvalue weighted by molar-refractivity contribution is 0.0617. The summed E-state index contributed by atoms with van der Waals surface area (Å²) in [7, 11) is 0. The smallest absolute Gasteiger partial charge is 0.274 e. The van der Waals surface area contributed by atoms with Gasteiger partial charge in [-0.05, 0) is 42.6 Å². The van der Waals surface area contributed by atoms with Crippen LogP contribution >= 0.6 is 0 Å². The highest BCUT2D eigenvalue weighted by Crippen LogP contribution is 2.19. The number of aromatic nitrogens is 2. The van der Waals surface area contributed by atoms with Crippen LogP contribution in [0.25, 0.3) is 5.69 Å². The second kappa shape index (κ2) is 7.58. The van der Waals surface area contributed by atoms with E-state index in [9.17, 15) is 9.18 Å². The summed E-state index contributed by atoms with van der Waals surface area (Å²) in [5.41, 5.74) is 1.34. The Bertz CT molecular complexity index is 757. The Balaban J connectivity index is 1.58. The zero-order chi connectivity index (χ0) is 18.7. The van der Waals surface area contributed by atoms with Gasteiger partial charge < -0.3 is 4.90 Å². The number of benzene rings is 1. The molecular weight excluding hydrogens is 331 g/mol. The number of carbonyl (C=O) groups is 1. The number of piperazine rings is 1. The molecule has 1 amide bonds. The van der Waals surface area contributed by atoms with E-state index in [-0.39, 0.29) is 11.7 Å². The third-order valence-corrected chi connectivity index (χ3v) is 4.72. The molecule has 0 N–H and O–H groups in total. The van der Waals surface area contributed by atoms with Gasteiger partial charge >= 0.3 is 0 Å². The third-order valence-electron chi connectivity index (χ3n) is 4.72. The van der Waals surface area contributed by atoms with E-state index in [1.165, 1.54) is 16.8 Å². The molecule has 3 rings (SSSR count). The Morgan fingerprint density at radius 3 is 2.54 bits per heavy atom. The molecule has 140 valence electrons. The molecule has 1 aliphatic rings. The highest BCUT2D eigenvalue weighted by Gasteiger charge is 2.24. The molecule has 1 aromatic heterocycles. The molecule has 0 bridgehead atoms. The summed E-state index contributed by atoms with van der Waals surface area (Å²) in [6.45, 7) is 11.1. The van der Waals surface area contributed by atoms with Crippen molar-refractivity contribution in [1.82, 2.24) is 19.6 Å². The van der Waals surface area contributed by atoms with Crippen LogP contribution < -0.4 is 0 Å². The van der Waals surface area contributed by atoms with Gasteiger partial charge in [0.25, 0.3) is 5.91 Å². The van der Waals surface area contributed by atoms with Crippen molar-refractivity contribution in [2.45, 2.75) is 27.2 Å². The fourth-order valence-electron chi connectivity index (χ4n) is 3.03. The van der Waals surface area contributed by atoms with Crippen LogP contribution in [-0.4, -0.2) is 58.2 Å². The Morgan fingerprint density at radius 2 is 1.88 bits per heavy atom. The molecule has 0 saturated carbocycles. The highest BCUT2D eigenvalue weighted by atomic mass is 19.1. The Labute approximate surface area is 154 Å². The average Bonchev–Trinajstić information content (AvgIpc) is 3.09. The molecule has 1 saturated heterocycles. The average molecular weight is 358 g/mol. The monoisotopic (exact) mass is 358 g/mol. The number of hydrogen-bond donors (Lipinski definition) is 0. The van der Waals surface area contributed by atoms with Gasteiger partial charge in [-0.25, -0.2) is 9.07 Å². The van der Waals surface area contributed by atoms with Gasteiger partial charge in [0.2, 0.25) is 0 Å². The number of rotatable bonds is 4. The summed E-state index contributed by atoms with van der Waals surface area (Å²) in [5, 5.41) is 4.33. The largest absolute Gasteiger partial charge is 0.335 e. The van der Waals surface area contributed by atoms with E-state index in [1.54, 1.807) is 24.4 Å². The van der Waals surface area contributed by atoms with E-state index in [4.69, 9.17) is 0 Å². The van der Waals surface area contributed by atoms with Crippen molar-refractivity contribution >= 4 is 5.91 Å². The molecular formula is C20H27FN4O. The fraction of sp³-hybridized carbons (Fsp3) is 0.500. The molecule has 1 aromatic carbocycles. The molecule has 2 aromatic rings. The van der Waals surface area contributed by atoms with E-state index in [2.05, 4.69) is 30.8 Å². The van der Waals surface area contributed by atoms with Crippen LogP contribution in [0, 0.1) is 11.2 Å². The number of nitrogens with zero attached hydrogens (tertiary/aromatic N) is 4. The van der Waals surface area contributed by atoms with Crippen LogP contribution in [0.15, 0.2) is 36.5 Å². The van der Waals surface area contributed by atoms with Gasteiger partial charge in [-0.1, -0.05) is 26.8 Å². The fourth-order valence-corrected chi connectivity index (χ4v) is 3.03. The second-order valence-electron chi connectivity index (χ2n) is 8.07. The van der Waals surface area contributed by atoms with Crippen molar-refractivity contribution in [3.05, 3.63) is 48.0 Å². The third kappa shape index (κ3) is 4.69. The van der Waals surface area contributed by atoms with Gasteiger partial charge in [-0.3, -0.25) is 9.69 Å². The minimum Gasteiger partial charge on any atom is -0.335 e. The maximum Gasteiger partial charge on any atom is 0.274 e. The van der Waals surface area contributed by atoms with E-state index in [1.807, 2.05) is 4.90 Å². The highest BCUT2D eigenvalue weighted by molar-refractivity contribution is 5.92. The minimum atomic E-state index is -0.322. The van der Waals surface area contributed by atoms with Gasteiger partial charge in [-0.2, -0.15) is 5.10 Å². The van der Waals surface area contributed by atoms with Gasteiger partial charge in [0.15, 0.2) is 5.69 Å². The van der Waals surface area contributed by atoms with E-state index >= 15 is 0 Å². The molecule has 2 heterocycles. The van der Waals surface area contributed by atoms with E-state index in [0.717, 1.165) is 39.1 Å². The first-order valence-electron chi connectivity index (χ1n) is 9.15. The van der Waals surface area contributed by atoms with Crippen LogP contribution in [-0.2, 0) is 0 Å². The van der Waals surface area contributed by atoms with Gasteiger partial charge in [-0.15, -0.1) is 0 Å². The number of amides is 1. The molecule has 1 aliphatic heterocycles. The zero-order valence-electron chi connectivity index (χ0n) is 15.8. The van der Waals surface area contributed by atoms with Crippen LogP contribution in [0.5, 0.6) is 0 Å². The normalized spacial score (nSPS) is 16.1. The maximum absolute atomic E-state index is 13.4. The topological polar surface area (TPSA) is 41.4 Å². The van der Waals surface area contributed by atoms with E-state index in [0.29, 0.717) is 16.8 Å². The zero-order valence-corrected chi connectivity index (χ0v) is 15.8. The molecule has 26 heavy (non-hydrogen) atoms. The van der Waals surface area contributed by atoms with Crippen LogP contribution in [0.1, 0.15) is 37.7 Å². The Kier molecular flexibility index (Phi) is 5.41. The van der Waals surface area contributed by atoms with Gasteiger partial charge in [0.1, 0.15) is 5.82 Å². The summed E-state index contributed by atoms with van der Waals surface area (Å²) in [4.78, 5) is 17.0. The molecule has 5 nitrogen and oxygen atoms in total. The van der Waals surface area contributed by atoms with Crippen LogP contribution in [0.3, 0.4) is 0 Å². The van der Waals surface area contributed by atoms with Crippen molar-refractivity contribution in [2.75, 3.05) is 32.7 Å². The predicted octanol–water partition coefficient (Wildman–Crippen LogP) is 3.21. The van der Waals surface area contributed by atoms with Crippen molar-refractivity contribution in [1.29, 1.82) is 0 Å². The summed E-state index contributed by atoms with van der Waals surface area (Å²) < 4.78 is 14.9. The number of halogens is 1. The molecule has 0 atom stereocenters. The quantitative estimate of drug-likeness (QED) is 0.843. The summed E-state index contributed by atoms with van der Waals surface area (Å²) in [6, 6.07) is 7.87. The molecule has 0 spiro atoms. The summed E-state index contributed by atoms with van der Waals surface area (Å²) in [6.07, 6.45) is 2.85. The summed E-state index contributed by atoms with van der Waals surface area (Å²) >= 11 is 0. The maximum atomic E-state index is 13.4. The summed E-state index contributed by atoms with van der Waals surface area (Å²) in [5.74, 6) is -0.382. The lowest BCUT2D eigenvalue weighted by Crippen LogP contribution is -2.49. The first kappa shape index (κ1) is 18.6. The lowest BCUT2D eigenvalue weighted by Gasteiger charge is -2.35. The SMILES string of the molecule is CC(C)(C)CCN1CCN(C(=O)c2ccn(-c3cccc(F)c3)n2)CC1. The van der Waals surface area contributed by atoms with Crippen molar-refractivity contribution in [2.24, 2.45) is 5.41 Å². The van der Waals surface area contributed by atoms with Crippen molar-refractivity contribution in [3.8, 4) is 5.69 Å².